The van der Waals surface area contributed by atoms with Crippen LogP contribution in [0.3, 0.4) is 0 Å². The van der Waals surface area contributed by atoms with Crippen molar-refractivity contribution in [2.45, 2.75) is 32.3 Å². The summed E-state index contributed by atoms with van der Waals surface area (Å²) in [7, 11) is 0. The van der Waals surface area contributed by atoms with E-state index in [1.54, 1.807) is 0 Å². The van der Waals surface area contributed by atoms with Gasteiger partial charge in [-0.15, -0.1) is 0 Å². The maximum atomic E-state index is 12.1. The van der Waals surface area contributed by atoms with Gasteiger partial charge >= 0.3 is 0 Å². The van der Waals surface area contributed by atoms with Gasteiger partial charge in [0, 0.05) is 25.2 Å². The zero-order chi connectivity index (χ0) is 13.8. The second-order valence-corrected chi connectivity index (χ2v) is 5.41. The molecule has 2 rings (SSSR count). The number of nitrogens with two attached hydrogens (primary N) is 1. The van der Waals surface area contributed by atoms with Gasteiger partial charge in [-0.25, -0.2) is 0 Å². The molecule has 1 saturated heterocycles. The smallest absolute Gasteiger partial charge is 0.222 e. The summed E-state index contributed by atoms with van der Waals surface area (Å²) in [5.74, 6) is 0.352. The maximum Gasteiger partial charge on any atom is 0.222 e. The number of benzene rings is 1. The second-order valence-electron chi connectivity index (χ2n) is 5.41. The van der Waals surface area contributed by atoms with Crippen molar-refractivity contribution in [3.8, 4) is 0 Å². The van der Waals surface area contributed by atoms with Crippen molar-refractivity contribution in [2.24, 2.45) is 5.92 Å². The van der Waals surface area contributed by atoms with Gasteiger partial charge < -0.3 is 15.7 Å². The molecule has 0 radical (unpaired) electrons. The van der Waals surface area contributed by atoms with Gasteiger partial charge in [0.05, 0.1) is 6.10 Å². The SMILES string of the molecule is CC1CN(C(=O)CCc2ccc(N)cc2)CCC1O. The van der Waals surface area contributed by atoms with Crippen LogP contribution in [-0.2, 0) is 11.2 Å². The first-order chi connectivity index (χ1) is 9.06. The first kappa shape index (κ1) is 13.9. The number of piperidine rings is 1. The summed E-state index contributed by atoms with van der Waals surface area (Å²) >= 11 is 0. The Morgan fingerprint density at radius 3 is 2.74 bits per heavy atom. The second kappa shape index (κ2) is 6.06. The molecule has 4 heteroatoms. The van der Waals surface area contributed by atoms with E-state index in [1.165, 1.54) is 0 Å². The van der Waals surface area contributed by atoms with E-state index in [1.807, 2.05) is 36.1 Å². The zero-order valence-electron chi connectivity index (χ0n) is 11.4. The largest absolute Gasteiger partial charge is 0.399 e. The quantitative estimate of drug-likeness (QED) is 0.810. The Labute approximate surface area is 114 Å². The third-order valence-corrected chi connectivity index (χ3v) is 3.82. The van der Waals surface area contributed by atoms with E-state index >= 15 is 0 Å². The van der Waals surface area contributed by atoms with Crippen LogP contribution in [0.2, 0.25) is 0 Å². The minimum absolute atomic E-state index is 0.175. The van der Waals surface area contributed by atoms with Gasteiger partial charge in [-0.1, -0.05) is 19.1 Å². The van der Waals surface area contributed by atoms with Crippen molar-refractivity contribution in [1.29, 1.82) is 0 Å². The number of aliphatic hydroxyl groups excluding tert-OH is 1. The first-order valence-corrected chi connectivity index (χ1v) is 6.86. The molecule has 1 aliphatic rings. The van der Waals surface area contributed by atoms with Crippen LogP contribution in [0.25, 0.3) is 0 Å². The van der Waals surface area contributed by atoms with Crippen LogP contribution < -0.4 is 5.73 Å². The molecule has 1 heterocycles. The monoisotopic (exact) mass is 262 g/mol. The van der Waals surface area contributed by atoms with E-state index in [0.717, 1.165) is 17.7 Å². The summed E-state index contributed by atoms with van der Waals surface area (Å²) in [6.45, 7) is 3.33. The minimum atomic E-state index is -0.263. The highest BCUT2D eigenvalue weighted by Crippen LogP contribution is 2.18. The number of hydrogen-bond donors (Lipinski definition) is 2. The molecule has 0 saturated carbocycles. The highest BCUT2D eigenvalue weighted by molar-refractivity contribution is 5.76. The van der Waals surface area contributed by atoms with Crippen LogP contribution >= 0.6 is 0 Å². The Balaban J connectivity index is 1.83. The molecule has 19 heavy (non-hydrogen) atoms. The summed E-state index contributed by atoms with van der Waals surface area (Å²) in [5, 5.41) is 9.66. The highest BCUT2D eigenvalue weighted by atomic mass is 16.3. The average molecular weight is 262 g/mol. The van der Waals surface area contributed by atoms with Gasteiger partial charge in [0.25, 0.3) is 0 Å². The molecule has 2 unspecified atom stereocenters. The van der Waals surface area contributed by atoms with Crippen LogP contribution in [0.5, 0.6) is 0 Å². The van der Waals surface area contributed by atoms with E-state index < -0.39 is 0 Å². The fraction of sp³-hybridized carbons (Fsp3) is 0.533. The Morgan fingerprint density at radius 1 is 1.42 bits per heavy atom. The molecule has 0 bridgehead atoms. The number of likely N-dealkylation sites (tertiary alicyclic amines) is 1. The van der Waals surface area contributed by atoms with Crippen molar-refractivity contribution in [2.75, 3.05) is 18.8 Å². The van der Waals surface area contributed by atoms with Crippen LogP contribution in [0.4, 0.5) is 5.69 Å². The van der Waals surface area contributed by atoms with Crippen molar-refractivity contribution in [3.63, 3.8) is 0 Å². The molecule has 0 spiro atoms. The molecule has 1 aliphatic heterocycles. The summed E-state index contributed by atoms with van der Waals surface area (Å²) in [6, 6.07) is 7.65. The predicted octanol–water partition coefficient (Wildman–Crippen LogP) is 1.43. The molecule has 0 aliphatic carbocycles. The van der Waals surface area contributed by atoms with Gasteiger partial charge in [-0.05, 0) is 36.5 Å². The van der Waals surface area contributed by atoms with Crippen LogP contribution in [0.15, 0.2) is 24.3 Å². The maximum absolute atomic E-state index is 12.1. The third-order valence-electron chi connectivity index (χ3n) is 3.82. The Morgan fingerprint density at radius 2 is 2.11 bits per heavy atom. The minimum Gasteiger partial charge on any atom is -0.399 e. The fourth-order valence-corrected chi connectivity index (χ4v) is 2.45. The van der Waals surface area contributed by atoms with Crippen LogP contribution in [-0.4, -0.2) is 35.1 Å². The molecule has 1 fully saturated rings. The number of amides is 1. The lowest BCUT2D eigenvalue weighted by atomic mass is 9.96. The molecular weight excluding hydrogens is 240 g/mol. The number of rotatable bonds is 3. The van der Waals surface area contributed by atoms with Crippen molar-refractivity contribution in [3.05, 3.63) is 29.8 Å². The summed E-state index contributed by atoms with van der Waals surface area (Å²) < 4.78 is 0. The molecule has 0 aromatic heterocycles. The number of nitrogen functional groups attached to an aromatic ring is 1. The molecule has 4 nitrogen and oxygen atoms in total. The molecule has 1 aromatic rings. The number of aryl methyl sites for hydroxylation is 1. The normalized spacial score (nSPS) is 23.4. The lowest BCUT2D eigenvalue weighted by Gasteiger charge is -2.34. The average Bonchev–Trinajstić information content (AvgIpc) is 2.41. The van der Waals surface area contributed by atoms with E-state index in [2.05, 4.69) is 0 Å². The molecule has 1 aromatic carbocycles. The number of aliphatic hydroxyl groups is 1. The van der Waals surface area contributed by atoms with Gasteiger partial charge in [0.1, 0.15) is 0 Å². The Bertz CT molecular complexity index is 430. The van der Waals surface area contributed by atoms with E-state index in [9.17, 15) is 9.90 Å². The summed E-state index contributed by atoms with van der Waals surface area (Å²) in [4.78, 5) is 14.0. The van der Waals surface area contributed by atoms with Crippen LogP contribution in [0.1, 0.15) is 25.3 Å². The summed E-state index contributed by atoms with van der Waals surface area (Å²) in [6.07, 6.45) is 1.69. The number of carbonyl (C=O) groups is 1. The molecule has 3 N–H and O–H groups in total. The molecule has 2 atom stereocenters. The van der Waals surface area contributed by atoms with Crippen molar-refractivity contribution < 1.29 is 9.90 Å². The van der Waals surface area contributed by atoms with Gasteiger partial charge in [-0.3, -0.25) is 4.79 Å². The lowest BCUT2D eigenvalue weighted by Crippen LogP contribution is -2.45. The molecule has 1 amide bonds. The number of anilines is 1. The summed E-state index contributed by atoms with van der Waals surface area (Å²) in [5.41, 5.74) is 7.51. The molecular formula is C15H22N2O2. The Kier molecular flexibility index (Phi) is 4.43. The first-order valence-electron chi connectivity index (χ1n) is 6.86. The lowest BCUT2D eigenvalue weighted by molar-refractivity contribution is -0.134. The van der Waals surface area contributed by atoms with Gasteiger partial charge in [0.2, 0.25) is 5.91 Å². The highest BCUT2D eigenvalue weighted by Gasteiger charge is 2.26. The fourth-order valence-electron chi connectivity index (χ4n) is 2.45. The standard InChI is InChI=1S/C15H22N2O2/c1-11-10-17(9-8-14(11)18)15(19)7-4-12-2-5-13(16)6-3-12/h2-3,5-6,11,14,18H,4,7-10,16H2,1H3. The van der Waals surface area contributed by atoms with Crippen molar-refractivity contribution in [1.82, 2.24) is 4.90 Å². The van der Waals surface area contributed by atoms with Crippen LogP contribution in [0, 0.1) is 5.92 Å². The van der Waals surface area contributed by atoms with E-state index in [0.29, 0.717) is 25.9 Å². The van der Waals surface area contributed by atoms with Crippen molar-refractivity contribution >= 4 is 11.6 Å². The predicted molar refractivity (Wildman–Crippen MR) is 75.5 cm³/mol. The van der Waals surface area contributed by atoms with E-state index in [-0.39, 0.29) is 17.9 Å². The number of carbonyl (C=O) groups excluding carboxylic acids is 1. The molecule has 104 valence electrons. The van der Waals surface area contributed by atoms with E-state index in [4.69, 9.17) is 5.73 Å². The number of hydrogen-bond acceptors (Lipinski definition) is 3. The zero-order valence-corrected chi connectivity index (χ0v) is 11.4. The van der Waals surface area contributed by atoms with Gasteiger partial charge in [0.15, 0.2) is 0 Å². The number of nitrogens with zero attached hydrogens (tertiary/aromatic N) is 1. The topological polar surface area (TPSA) is 66.6 Å². The third kappa shape index (κ3) is 3.70. The Hall–Kier alpha value is -1.55. The van der Waals surface area contributed by atoms with Gasteiger partial charge in [-0.2, -0.15) is 0 Å².